The molecule has 0 radical (unpaired) electrons. The Morgan fingerprint density at radius 1 is 1.04 bits per heavy atom. The number of hydrogen-bond donors (Lipinski definition) is 2. The number of fused-ring (bicyclic) bond motifs is 5. The maximum atomic E-state index is 13.3. The van der Waals surface area contributed by atoms with Crippen LogP contribution in [-0.4, -0.2) is 34.6 Å². The highest BCUT2D eigenvalue weighted by Crippen LogP contribution is 2.64. The van der Waals surface area contributed by atoms with E-state index >= 15 is 0 Å². The van der Waals surface area contributed by atoms with Gasteiger partial charge in [0.1, 0.15) is 12.2 Å². The minimum Gasteiger partial charge on any atom is -0.389 e. The monoisotopic (exact) mass is 370 g/mol. The standard InChI is InChI=1S/C21H32F2O3/c1-20-8-6-14-13-7-9-21(26,19(22)23)10-12(13)2-3-15(14)16(20)4-5-17(20)18(25)11-24/h12-17,19,24,26H,2-11H2,1H3. The number of halogens is 2. The van der Waals surface area contributed by atoms with Gasteiger partial charge in [0.05, 0.1) is 0 Å². The first kappa shape index (κ1) is 18.8. The van der Waals surface area contributed by atoms with Crippen LogP contribution < -0.4 is 0 Å². The van der Waals surface area contributed by atoms with E-state index in [4.69, 9.17) is 0 Å². The van der Waals surface area contributed by atoms with Gasteiger partial charge in [-0.3, -0.25) is 4.79 Å². The number of ketones is 1. The number of aliphatic hydroxyl groups excluding tert-OH is 1. The van der Waals surface area contributed by atoms with Crippen LogP contribution in [0.4, 0.5) is 8.78 Å². The van der Waals surface area contributed by atoms with Crippen LogP contribution in [0.15, 0.2) is 0 Å². The minimum atomic E-state index is -2.64. The molecule has 3 nitrogen and oxygen atoms in total. The third-order valence-electron chi connectivity index (χ3n) is 9.00. The molecule has 4 fully saturated rings. The van der Waals surface area contributed by atoms with E-state index in [1.165, 1.54) is 0 Å². The van der Waals surface area contributed by atoms with Crippen molar-refractivity contribution in [1.29, 1.82) is 0 Å². The van der Waals surface area contributed by atoms with Crippen molar-refractivity contribution in [3.05, 3.63) is 0 Å². The molecule has 0 bridgehead atoms. The Labute approximate surface area is 154 Å². The second-order valence-corrected chi connectivity index (χ2v) is 9.88. The summed E-state index contributed by atoms with van der Waals surface area (Å²) in [5.41, 5.74) is -1.77. The fourth-order valence-electron chi connectivity index (χ4n) is 7.75. The first-order valence-electron chi connectivity index (χ1n) is 10.4. The topological polar surface area (TPSA) is 57.5 Å². The average Bonchev–Trinajstić information content (AvgIpc) is 2.97. The zero-order chi connectivity index (χ0) is 18.7. The largest absolute Gasteiger partial charge is 0.389 e. The van der Waals surface area contributed by atoms with E-state index in [1.54, 1.807) is 0 Å². The minimum absolute atomic E-state index is 0.00167. The molecule has 0 heterocycles. The first-order chi connectivity index (χ1) is 12.3. The maximum Gasteiger partial charge on any atom is 0.266 e. The number of aliphatic hydroxyl groups is 2. The molecule has 4 rings (SSSR count). The van der Waals surface area contributed by atoms with E-state index < -0.39 is 12.0 Å². The smallest absolute Gasteiger partial charge is 0.266 e. The summed E-state index contributed by atoms with van der Waals surface area (Å²) in [5.74, 6) is 2.36. The average molecular weight is 370 g/mol. The lowest BCUT2D eigenvalue weighted by Gasteiger charge is -2.57. The molecule has 4 aliphatic carbocycles. The van der Waals surface area contributed by atoms with Gasteiger partial charge in [-0.2, -0.15) is 0 Å². The van der Waals surface area contributed by atoms with Crippen molar-refractivity contribution < 1.29 is 23.8 Å². The first-order valence-corrected chi connectivity index (χ1v) is 10.4. The number of hydrogen-bond acceptors (Lipinski definition) is 3. The van der Waals surface area contributed by atoms with E-state index in [2.05, 4.69) is 6.92 Å². The molecule has 8 atom stereocenters. The molecule has 4 saturated carbocycles. The fraction of sp³-hybridized carbons (Fsp3) is 0.952. The number of alkyl halides is 2. The summed E-state index contributed by atoms with van der Waals surface area (Å²) in [6.07, 6.45) is 4.58. The van der Waals surface area contributed by atoms with Crippen LogP contribution in [0.3, 0.4) is 0 Å². The van der Waals surface area contributed by atoms with E-state index in [1.807, 2.05) is 0 Å². The molecule has 5 heteroatoms. The molecule has 4 aliphatic rings. The Kier molecular flexibility index (Phi) is 4.71. The van der Waals surface area contributed by atoms with Crippen molar-refractivity contribution in [3.8, 4) is 0 Å². The van der Waals surface area contributed by atoms with Gasteiger partial charge in [0.2, 0.25) is 0 Å². The lowest BCUT2D eigenvalue weighted by atomic mass is 9.49. The molecule has 0 aromatic carbocycles. The number of carbonyl (C=O) groups excluding carboxylic acids is 1. The summed E-state index contributed by atoms with van der Waals surface area (Å²) >= 11 is 0. The van der Waals surface area contributed by atoms with Crippen LogP contribution in [0.25, 0.3) is 0 Å². The van der Waals surface area contributed by atoms with Gasteiger partial charge in [0.25, 0.3) is 6.43 Å². The highest BCUT2D eigenvalue weighted by Gasteiger charge is 2.59. The van der Waals surface area contributed by atoms with Crippen molar-refractivity contribution >= 4 is 5.78 Å². The molecule has 0 aromatic heterocycles. The molecular formula is C21H32F2O3. The van der Waals surface area contributed by atoms with Crippen LogP contribution in [0.5, 0.6) is 0 Å². The van der Waals surface area contributed by atoms with Gasteiger partial charge in [-0.1, -0.05) is 6.92 Å². The second-order valence-electron chi connectivity index (χ2n) is 9.88. The summed E-state index contributed by atoms with van der Waals surface area (Å²) in [7, 11) is 0. The van der Waals surface area contributed by atoms with Crippen LogP contribution in [-0.2, 0) is 4.79 Å². The number of carbonyl (C=O) groups is 1. The Balaban J connectivity index is 1.52. The highest BCUT2D eigenvalue weighted by molar-refractivity contribution is 5.83. The van der Waals surface area contributed by atoms with Crippen molar-refractivity contribution in [1.82, 2.24) is 0 Å². The van der Waals surface area contributed by atoms with Gasteiger partial charge in [0, 0.05) is 5.92 Å². The summed E-state index contributed by atoms with van der Waals surface area (Å²) in [5, 5.41) is 19.6. The molecule has 0 aromatic rings. The Morgan fingerprint density at radius 2 is 1.77 bits per heavy atom. The molecule has 0 spiro atoms. The fourth-order valence-corrected chi connectivity index (χ4v) is 7.75. The van der Waals surface area contributed by atoms with Gasteiger partial charge in [0.15, 0.2) is 5.78 Å². The zero-order valence-corrected chi connectivity index (χ0v) is 15.7. The van der Waals surface area contributed by atoms with Crippen LogP contribution in [0, 0.1) is 40.9 Å². The van der Waals surface area contributed by atoms with Gasteiger partial charge < -0.3 is 10.2 Å². The van der Waals surface area contributed by atoms with Crippen molar-refractivity contribution in [2.75, 3.05) is 6.61 Å². The summed E-state index contributed by atoms with van der Waals surface area (Å²) in [6, 6.07) is 0. The summed E-state index contributed by atoms with van der Waals surface area (Å²) in [6.45, 7) is 1.90. The van der Waals surface area contributed by atoms with Crippen molar-refractivity contribution in [3.63, 3.8) is 0 Å². The van der Waals surface area contributed by atoms with E-state index in [0.717, 1.165) is 44.9 Å². The van der Waals surface area contributed by atoms with E-state index in [9.17, 15) is 23.8 Å². The van der Waals surface area contributed by atoms with Gasteiger partial charge in [-0.25, -0.2) is 8.78 Å². The predicted octanol–water partition coefficient (Wildman–Crippen LogP) is 3.81. The molecule has 2 N–H and O–H groups in total. The molecule has 0 aliphatic heterocycles. The Hall–Kier alpha value is -0.550. The second kappa shape index (κ2) is 6.51. The van der Waals surface area contributed by atoms with E-state index in [0.29, 0.717) is 23.7 Å². The molecule has 8 unspecified atom stereocenters. The molecular weight excluding hydrogens is 338 g/mol. The third-order valence-corrected chi connectivity index (χ3v) is 9.00. The Morgan fingerprint density at radius 3 is 2.46 bits per heavy atom. The molecule has 148 valence electrons. The lowest BCUT2D eigenvalue weighted by molar-refractivity contribution is -0.160. The Bertz CT molecular complexity index is 567. The van der Waals surface area contributed by atoms with Gasteiger partial charge in [-0.15, -0.1) is 0 Å². The normalized spacial score (nSPS) is 50.8. The highest BCUT2D eigenvalue weighted by atomic mass is 19.3. The van der Waals surface area contributed by atoms with E-state index in [-0.39, 0.29) is 42.5 Å². The van der Waals surface area contributed by atoms with Crippen molar-refractivity contribution in [2.24, 2.45) is 40.9 Å². The quantitative estimate of drug-likeness (QED) is 0.794. The van der Waals surface area contributed by atoms with Gasteiger partial charge >= 0.3 is 0 Å². The maximum absolute atomic E-state index is 13.3. The number of rotatable bonds is 3. The number of Topliss-reactive ketones (excluding diaryl/α,β-unsaturated/α-hetero) is 1. The third kappa shape index (κ3) is 2.68. The van der Waals surface area contributed by atoms with Crippen LogP contribution in [0.2, 0.25) is 0 Å². The lowest BCUT2D eigenvalue weighted by Crippen LogP contribution is -2.53. The van der Waals surface area contributed by atoms with Crippen LogP contribution in [0.1, 0.15) is 64.7 Å². The molecule has 0 amide bonds. The molecule has 26 heavy (non-hydrogen) atoms. The molecule has 0 saturated heterocycles. The summed E-state index contributed by atoms with van der Waals surface area (Å²) < 4.78 is 26.5. The predicted molar refractivity (Wildman–Crippen MR) is 93.6 cm³/mol. The van der Waals surface area contributed by atoms with Crippen molar-refractivity contribution in [2.45, 2.75) is 76.7 Å². The SMILES string of the molecule is CC12CCC3C4CCC(O)(C(F)F)CC4CCC3C1CCC2C(=O)CO. The zero-order valence-electron chi connectivity index (χ0n) is 15.7. The van der Waals surface area contributed by atoms with Gasteiger partial charge in [-0.05, 0) is 92.8 Å². The summed E-state index contributed by atoms with van der Waals surface area (Å²) in [4.78, 5) is 12.2. The van der Waals surface area contributed by atoms with Crippen LogP contribution >= 0.6 is 0 Å².